The highest BCUT2D eigenvalue weighted by Gasteiger charge is 2.17. The molecule has 0 saturated carbocycles. The number of amides is 3. The van der Waals surface area contributed by atoms with Crippen LogP contribution in [0.25, 0.3) is 10.2 Å². The summed E-state index contributed by atoms with van der Waals surface area (Å²) in [6.07, 6.45) is 0.654. The maximum Gasteiger partial charge on any atom is 0.321 e. The van der Waals surface area contributed by atoms with E-state index in [1.807, 2.05) is 49.4 Å². The fraction of sp³-hybridized carbons (Fsp3) is 0.129. The molecule has 3 amide bonds. The van der Waals surface area contributed by atoms with Gasteiger partial charge in [-0.05, 0) is 61.2 Å². The van der Waals surface area contributed by atoms with Gasteiger partial charge in [0, 0.05) is 5.56 Å². The molecule has 6 nitrogen and oxygen atoms in total. The number of nitrogens with zero attached hydrogens (tertiary/aromatic N) is 1. The standard InChI is InChI=1S/C31H27ClN4O2S/c1-19-11-13-21(14-12-19)17-26(22-8-4-3-5-9-22)33-30(38)36-31-34-25-16-15-23(18-27(25)39-31)29(37)35-28-20(2)7-6-10-24(28)32/h3-16,18,26H,17H2,1-2H3,(H,35,37)(H2,33,34,36,38). The molecule has 1 unspecified atom stereocenters. The number of rotatable bonds is 7. The van der Waals surface area contributed by atoms with Crippen molar-refractivity contribution < 1.29 is 9.59 Å². The minimum Gasteiger partial charge on any atom is -0.331 e. The van der Waals surface area contributed by atoms with E-state index in [9.17, 15) is 9.59 Å². The molecule has 5 aromatic rings. The third kappa shape index (κ3) is 6.45. The van der Waals surface area contributed by atoms with Gasteiger partial charge in [-0.1, -0.05) is 95.2 Å². The van der Waals surface area contributed by atoms with Crippen LogP contribution in [-0.4, -0.2) is 16.9 Å². The average molecular weight is 555 g/mol. The second-order valence-electron chi connectivity index (χ2n) is 9.34. The Morgan fingerprint density at radius 1 is 0.897 bits per heavy atom. The lowest BCUT2D eigenvalue weighted by atomic mass is 9.98. The Labute approximate surface area is 236 Å². The second kappa shape index (κ2) is 11.7. The zero-order valence-electron chi connectivity index (χ0n) is 21.5. The summed E-state index contributed by atoms with van der Waals surface area (Å²) in [6.45, 7) is 3.94. The first-order valence-electron chi connectivity index (χ1n) is 12.5. The Hall–Kier alpha value is -4.20. The van der Waals surface area contributed by atoms with Gasteiger partial charge in [-0.25, -0.2) is 9.78 Å². The Bertz CT molecular complexity index is 1610. The van der Waals surface area contributed by atoms with Crippen molar-refractivity contribution in [1.82, 2.24) is 10.3 Å². The van der Waals surface area contributed by atoms with Crippen LogP contribution in [0.15, 0.2) is 91.0 Å². The maximum atomic E-state index is 13.0. The van der Waals surface area contributed by atoms with E-state index in [4.69, 9.17) is 11.6 Å². The lowest BCUT2D eigenvalue weighted by molar-refractivity contribution is 0.102. The summed E-state index contributed by atoms with van der Waals surface area (Å²) < 4.78 is 0.785. The molecule has 0 aliphatic rings. The molecule has 1 heterocycles. The zero-order valence-corrected chi connectivity index (χ0v) is 23.1. The van der Waals surface area contributed by atoms with E-state index in [1.54, 1.807) is 24.3 Å². The van der Waals surface area contributed by atoms with Crippen molar-refractivity contribution in [2.24, 2.45) is 0 Å². The molecule has 5 rings (SSSR count). The summed E-state index contributed by atoms with van der Waals surface area (Å²) in [5, 5.41) is 9.79. The lowest BCUT2D eigenvalue weighted by Gasteiger charge is -2.19. The number of nitrogens with one attached hydrogen (secondary N) is 3. The van der Waals surface area contributed by atoms with E-state index in [2.05, 4.69) is 52.1 Å². The number of hydrogen-bond donors (Lipinski definition) is 3. The molecular formula is C31H27ClN4O2S. The number of carbonyl (C=O) groups excluding carboxylic acids is 2. The second-order valence-corrected chi connectivity index (χ2v) is 10.8. The van der Waals surface area contributed by atoms with Crippen LogP contribution in [0.5, 0.6) is 0 Å². The highest BCUT2D eigenvalue weighted by atomic mass is 35.5. The molecule has 0 fully saturated rings. The molecule has 0 aliphatic carbocycles. The topological polar surface area (TPSA) is 83.1 Å². The van der Waals surface area contributed by atoms with Gasteiger partial charge in [0.05, 0.1) is 27.0 Å². The Morgan fingerprint density at radius 2 is 1.67 bits per heavy atom. The molecule has 0 spiro atoms. The average Bonchev–Trinajstić information content (AvgIpc) is 3.33. The van der Waals surface area contributed by atoms with Gasteiger partial charge in [0.15, 0.2) is 5.13 Å². The van der Waals surface area contributed by atoms with E-state index < -0.39 is 0 Å². The number of para-hydroxylation sites is 1. The van der Waals surface area contributed by atoms with E-state index in [0.29, 0.717) is 33.3 Å². The molecule has 0 saturated heterocycles. The van der Waals surface area contributed by atoms with Crippen LogP contribution in [0.3, 0.4) is 0 Å². The van der Waals surface area contributed by atoms with E-state index >= 15 is 0 Å². The highest BCUT2D eigenvalue weighted by molar-refractivity contribution is 7.22. The number of halogens is 1. The van der Waals surface area contributed by atoms with Crippen LogP contribution < -0.4 is 16.0 Å². The maximum absolute atomic E-state index is 13.0. The van der Waals surface area contributed by atoms with Crippen LogP contribution in [0, 0.1) is 13.8 Å². The monoisotopic (exact) mass is 554 g/mol. The number of thiazole rings is 1. The largest absolute Gasteiger partial charge is 0.331 e. The predicted molar refractivity (Wildman–Crippen MR) is 160 cm³/mol. The molecular weight excluding hydrogens is 528 g/mol. The Morgan fingerprint density at radius 3 is 2.41 bits per heavy atom. The van der Waals surface area contributed by atoms with Crippen LogP contribution in [0.4, 0.5) is 15.6 Å². The van der Waals surface area contributed by atoms with Crippen molar-refractivity contribution in [2.75, 3.05) is 10.6 Å². The molecule has 3 N–H and O–H groups in total. The molecule has 0 bridgehead atoms. The summed E-state index contributed by atoms with van der Waals surface area (Å²) in [5.41, 5.74) is 5.98. The van der Waals surface area contributed by atoms with Crippen molar-refractivity contribution in [3.63, 3.8) is 0 Å². The lowest BCUT2D eigenvalue weighted by Crippen LogP contribution is -2.33. The molecule has 4 aromatic carbocycles. The van der Waals surface area contributed by atoms with Gasteiger partial charge in [-0.15, -0.1) is 0 Å². The summed E-state index contributed by atoms with van der Waals surface area (Å²) in [5.74, 6) is -0.268. The number of fused-ring (bicyclic) bond motifs is 1. The predicted octanol–water partition coefficient (Wildman–Crippen LogP) is 7.92. The van der Waals surface area contributed by atoms with Gasteiger partial charge in [-0.3, -0.25) is 10.1 Å². The number of aryl methyl sites for hydroxylation is 2. The van der Waals surface area contributed by atoms with E-state index in [1.165, 1.54) is 16.9 Å². The number of benzene rings is 4. The Kier molecular flexibility index (Phi) is 7.91. The van der Waals surface area contributed by atoms with Crippen molar-refractivity contribution in [2.45, 2.75) is 26.3 Å². The van der Waals surface area contributed by atoms with Crippen molar-refractivity contribution in [3.05, 3.63) is 124 Å². The SMILES string of the molecule is Cc1ccc(CC(NC(=O)Nc2nc3ccc(C(=O)Nc4c(C)cccc4Cl)cc3s2)c2ccccc2)cc1. The number of carbonyl (C=O) groups is 2. The van der Waals surface area contributed by atoms with E-state index in [0.717, 1.165) is 21.4 Å². The van der Waals surface area contributed by atoms with Crippen LogP contribution in [0.1, 0.15) is 38.7 Å². The molecule has 0 radical (unpaired) electrons. The van der Waals surface area contributed by atoms with Gasteiger partial charge in [0.1, 0.15) is 0 Å². The summed E-state index contributed by atoms with van der Waals surface area (Å²) in [6, 6.07) is 28.4. The summed E-state index contributed by atoms with van der Waals surface area (Å²) >= 11 is 7.57. The molecule has 1 aromatic heterocycles. The fourth-order valence-electron chi connectivity index (χ4n) is 4.28. The molecule has 39 heavy (non-hydrogen) atoms. The van der Waals surface area contributed by atoms with Crippen molar-refractivity contribution >= 4 is 55.9 Å². The Balaban J connectivity index is 1.30. The van der Waals surface area contributed by atoms with Crippen molar-refractivity contribution in [3.8, 4) is 0 Å². The first-order chi connectivity index (χ1) is 18.9. The van der Waals surface area contributed by atoms with Crippen LogP contribution in [-0.2, 0) is 6.42 Å². The van der Waals surface area contributed by atoms with Gasteiger partial charge < -0.3 is 10.6 Å². The summed E-state index contributed by atoms with van der Waals surface area (Å²) in [4.78, 5) is 30.5. The van der Waals surface area contributed by atoms with Crippen LogP contribution in [0.2, 0.25) is 5.02 Å². The number of anilines is 2. The van der Waals surface area contributed by atoms with Crippen molar-refractivity contribution in [1.29, 1.82) is 0 Å². The van der Waals surface area contributed by atoms with Gasteiger partial charge in [0.25, 0.3) is 5.91 Å². The van der Waals surface area contributed by atoms with Gasteiger partial charge >= 0.3 is 6.03 Å². The molecule has 1 atom stereocenters. The highest BCUT2D eigenvalue weighted by Crippen LogP contribution is 2.29. The minimum atomic E-state index is -0.345. The summed E-state index contributed by atoms with van der Waals surface area (Å²) in [7, 11) is 0. The first-order valence-corrected chi connectivity index (χ1v) is 13.7. The fourth-order valence-corrected chi connectivity index (χ4v) is 5.45. The van der Waals surface area contributed by atoms with Crippen LogP contribution >= 0.6 is 22.9 Å². The minimum absolute atomic E-state index is 0.216. The number of aromatic nitrogens is 1. The smallest absolute Gasteiger partial charge is 0.321 e. The van der Waals surface area contributed by atoms with E-state index in [-0.39, 0.29) is 18.0 Å². The molecule has 8 heteroatoms. The zero-order chi connectivity index (χ0) is 27.4. The van der Waals surface area contributed by atoms with Gasteiger partial charge in [0.2, 0.25) is 0 Å². The molecule has 196 valence electrons. The third-order valence-corrected chi connectivity index (χ3v) is 7.65. The number of hydrogen-bond acceptors (Lipinski definition) is 4. The first kappa shape index (κ1) is 26.4. The molecule has 0 aliphatic heterocycles. The number of urea groups is 1. The quantitative estimate of drug-likeness (QED) is 0.191. The third-order valence-electron chi connectivity index (χ3n) is 6.40. The normalized spacial score (nSPS) is 11.7. The van der Waals surface area contributed by atoms with Gasteiger partial charge in [-0.2, -0.15) is 0 Å².